The fraction of sp³-hybridized carbons (Fsp3) is 0.560. The zero-order valence-corrected chi connectivity index (χ0v) is 21.4. The zero-order chi connectivity index (χ0) is 21.4. The summed E-state index contributed by atoms with van der Waals surface area (Å²) in [5, 5.41) is 0. The van der Waals surface area contributed by atoms with Crippen molar-refractivity contribution in [3.05, 3.63) is 52.5 Å². The summed E-state index contributed by atoms with van der Waals surface area (Å²) in [7, 11) is 0. The van der Waals surface area contributed by atoms with E-state index < -0.39 is 0 Å². The van der Waals surface area contributed by atoms with Crippen molar-refractivity contribution in [2.24, 2.45) is 0 Å². The van der Waals surface area contributed by atoms with Crippen molar-refractivity contribution in [2.75, 3.05) is 23.0 Å². The summed E-state index contributed by atoms with van der Waals surface area (Å²) in [6.45, 7) is 0. The van der Waals surface area contributed by atoms with E-state index in [0.717, 1.165) is 41.2 Å². The van der Waals surface area contributed by atoms with Crippen LogP contribution in [0.25, 0.3) is 0 Å². The van der Waals surface area contributed by atoms with Gasteiger partial charge in [-0.2, -0.15) is 25.3 Å². The van der Waals surface area contributed by atoms with Gasteiger partial charge in [0.1, 0.15) is 0 Å². The number of thioether (sulfide) groups is 2. The Morgan fingerprint density at radius 2 is 1.33 bits per heavy atom. The molecule has 166 valence electrons. The Kier molecular flexibility index (Phi) is 14.2. The number of carbonyl (C=O) groups excluding carboxylic acids is 1. The Labute approximate surface area is 203 Å². The maximum atomic E-state index is 12.8. The summed E-state index contributed by atoms with van der Waals surface area (Å²) < 4.78 is 0. The van der Waals surface area contributed by atoms with Gasteiger partial charge in [0.15, 0.2) is 5.78 Å². The van der Waals surface area contributed by atoms with Crippen molar-refractivity contribution in [1.82, 2.24) is 0 Å². The van der Waals surface area contributed by atoms with Crippen LogP contribution in [0.4, 0.5) is 0 Å². The van der Waals surface area contributed by atoms with Crippen LogP contribution in [0.1, 0.15) is 74.6 Å². The first-order chi connectivity index (χ1) is 14.7. The van der Waals surface area contributed by atoms with E-state index >= 15 is 0 Å². The van der Waals surface area contributed by atoms with E-state index in [1.807, 2.05) is 41.7 Å². The first-order valence-electron chi connectivity index (χ1n) is 11.3. The zero-order valence-electron chi connectivity index (χ0n) is 18.0. The highest BCUT2D eigenvalue weighted by Crippen LogP contribution is 2.30. The lowest BCUT2D eigenvalue weighted by Crippen LogP contribution is -2.06. The number of hydrogen-bond acceptors (Lipinski definition) is 5. The van der Waals surface area contributed by atoms with Gasteiger partial charge in [0.05, 0.1) is 0 Å². The molecule has 0 spiro atoms. The number of thiol groups is 2. The molecule has 0 radical (unpaired) electrons. The second kappa shape index (κ2) is 16.4. The number of ketones is 1. The van der Waals surface area contributed by atoms with Crippen LogP contribution in [0.5, 0.6) is 0 Å². The number of rotatable bonds is 16. The van der Waals surface area contributed by atoms with Crippen LogP contribution in [0.3, 0.4) is 0 Å². The lowest BCUT2D eigenvalue weighted by atomic mass is 9.96. The van der Waals surface area contributed by atoms with Gasteiger partial charge in [-0.05, 0) is 90.7 Å². The highest BCUT2D eigenvalue weighted by atomic mass is 32.2. The highest BCUT2D eigenvalue weighted by molar-refractivity contribution is 8.03. The van der Waals surface area contributed by atoms with Crippen LogP contribution in [0.2, 0.25) is 0 Å². The maximum Gasteiger partial charge on any atom is 0.189 e. The number of unbranched alkanes of at least 4 members (excludes halogenated alkanes) is 6. The summed E-state index contributed by atoms with van der Waals surface area (Å²) in [5.74, 6) is 4.50. The summed E-state index contributed by atoms with van der Waals surface area (Å²) in [6.07, 6.45) is 16.2. The molecule has 5 heteroatoms. The third-order valence-corrected chi connectivity index (χ3v) is 8.11. The minimum absolute atomic E-state index is 0.186. The second-order valence-electron chi connectivity index (χ2n) is 7.65. The number of benzene rings is 1. The predicted octanol–water partition coefficient (Wildman–Crippen LogP) is 8.28. The Hall–Kier alpha value is -0.230. The first-order valence-corrected chi connectivity index (χ1v) is 14.5. The van der Waals surface area contributed by atoms with Gasteiger partial charge in [0, 0.05) is 16.0 Å². The summed E-state index contributed by atoms with van der Waals surface area (Å²) in [4.78, 5) is 15.5. The van der Waals surface area contributed by atoms with Crippen molar-refractivity contribution in [3.63, 3.8) is 0 Å². The highest BCUT2D eigenvalue weighted by Gasteiger charge is 2.15. The molecule has 1 aliphatic rings. The van der Waals surface area contributed by atoms with Crippen LogP contribution in [-0.2, 0) is 0 Å². The van der Waals surface area contributed by atoms with Crippen molar-refractivity contribution >= 4 is 54.6 Å². The lowest BCUT2D eigenvalue weighted by molar-refractivity contribution is 0.103. The van der Waals surface area contributed by atoms with Crippen LogP contribution < -0.4 is 0 Å². The Morgan fingerprint density at radius 1 is 0.733 bits per heavy atom. The Balaban J connectivity index is 1.72. The average molecular weight is 481 g/mol. The SMILES string of the molecule is O=C(C1=CC=C(SCCCCCCS)CC1)c1ccc(SCCCCCCS)cc1. The average Bonchev–Trinajstić information content (AvgIpc) is 2.79. The van der Waals surface area contributed by atoms with Gasteiger partial charge in [-0.25, -0.2) is 0 Å². The van der Waals surface area contributed by atoms with Crippen molar-refractivity contribution in [2.45, 2.75) is 69.1 Å². The topological polar surface area (TPSA) is 17.1 Å². The quantitative estimate of drug-likeness (QED) is 0.107. The van der Waals surface area contributed by atoms with Crippen LogP contribution in [0, 0.1) is 0 Å². The van der Waals surface area contributed by atoms with E-state index in [0.29, 0.717) is 0 Å². The largest absolute Gasteiger partial charge is 0.289 e. The van der Waals surface area contributed by atoms with Crippen LogP contribution in [-0.4, -0.2) is 28.8 Å². The molecule has 0 saturated carbocycles. The fourth-order valence-corrected chi connectivity index (χ4v) is 5.72. The first kappa shape index (κ1) is 26.0. The number of hydrogen-bond donors (Lipinski definition) is 2. The Morgan fingerprint density at radius 3 is 1.90 bits per heavy atom. The summed E-state index contributed by atoms with van der Waals surface area (Å²) >= 11 is 12.4. The molecule has 1 aliphatic carbocycles. The van der Waals surface area contributed by atoms with E-state index in [-0.39, 0.29) is 5.78 Å². The molecule has 0 bridgehead atoms. The van der Waals surface area contributed by atoms with Gasteiger partial charge in [0.2, 0.25) is 0 Å². The molecule has 0 fully saturated rings. The molecule has 0 aliphatic heterocycles. The van der Waals surface area contributed by atoms with Gasteiger partial charge >= 0.3 is 0 Å². The molecule has 0 heterocycles. The number of allylic oxidation sites excluding steroid dienone is 4. The predicted molar refractivity (Wildman–Crippen MR) is 144 cm³/mol. The molecule has 2 rings (SSSR count). The summed E-state index contributed by atoms with van der Waals surface area (Å²) in [6, 6.07) is 8.18. The number of carbonyl (C=O) groups is 1. The van der Waals surface area contributed by atoms with Crippen molar-refractivity contribution in [1.29, 1.82) is 0 Å². The van der Waals surface area contributed by atoms with E-state index in [1.165, 1.54) is 66.9 Å². The lowest BCUT2D eigenvalue weighted by Gasteiger charge is -2.14. The molecule has 1 aromatic rings. The standard InChI is InChI=1S/C25H36OS4/c26-25(21-9-13-23(14-10-21)29-19-7-3-1-5-17-27)22-11-15-24(16-12-22)30-20-8-4-2-6-18-28/h9-11,13-15,27-28H,1-8,12,16-20H2. The van der Waals surface area contributed by atoms with Gasteiger partial charge in [0.25, 0.3) is 0 Å². The maximum absolute atomic E-state index is 12.8. The molecule has 0 amide bonds. The molecule has 0 N–H and O–H groups in total. The molecule has 0 aromatic heterocycles. The molecule has 1 nitrogen and oxygen atoms in total. The van der Waals surface area contributed by atoms with E-state index in [1.54, 1.807) is 0 Å². The van der Waals surface area contributed by atoms with Gasteiger partial charge in [-0.3, -0.25) is 4.79 Å². The minimum atomic E-state index is 0.186. The number of Topliss-reactive ketones (excluding diaryl/α,β-unsaturated/α-hetero) is 1. The minimum Gasteiger partial charge on any atom is -0.289 e. The molecule has 30 heavy (non-hydrogen) atoms. The molecule has 1 aromatic carbocycles. The van der Waals surface area contributed by atoms with Crippen molar-refractivity contribution < 1.29 is 4.79 Å². The molecule has 0 unspecified atom stereocenters. The van der Waals surface area contributed by atoms with Gasteiger partial charge in [-0.1, -0.05) is 37.8 Å². The fourth-order valence-electron chi connectivity index (χ4n) is 3.34. The van der Waals surface area contributed by atoms with Gasteiger partial charge < -0.3 is 0 Å². The third kappa shape index (κ3) is 10.4. The normalized spacial score (nSPS) is 13.8. The second-order valence-corrected chi connectivity index (χ2v) is 10.9. The molecule has 0 saturated heterocycles. The monoisotopic (exact) mass is 480 g/mol. The third-order valence-electron chi connectivity index (χ3n) is 5.18. The van der Waals surface area contributed by atoms with E-state index in [2.05, 4.69) is 43.5 Å². The summed E-state index contributed by atoms with van der Waals surface area (Å²) in [5.41, 5.74) is 1.76. The molecular formula is C25H36OS4. The Bertz CT molecular complexity index is 679. The van der Waals surface area contributed by atoms with E-state index in [4.69, 9.17) is 0 Å². The van der Waals surface area contributed by atoms with Crippen molar-refractivity contribution in [3.8, 4) is 0 Å². The van der Waals surface area contributed by atoms with Gasteiger partial charge in [-0.15, -0.1) is 23.5 Å². The van der Waals surface area contributed by atoms with Crippen LogP contribution in [0.15, 0.2) is 51.8 Å². The van der Waals surface area contributed by atoms with Crippen LogP contribution >= 0.6 is 48.8 Å². The van der Waals surface area contributed by atoms with E-state index in [9.17, 15) is 4.79 Å². The molecule has 0 atom stereocenters. The smallest absolute Gasteiger partial charge is 0.189 e. The molecular weight excluding hydrogens is 445 g/mol.